The third-order valence-corrected chi connectivity index (χ3v) is 7.80. The lowest BCUT2D eigenvalue weighted by molar-refractivity contribution is -0.137. The number of piperazine rings is 1. The summed E-state index contributed by atoms with van der Waals surface area (Å²) in [7, 11) is 0. The van der Waals surface area contributed by atoms with Gasteiger partial charge in [0.1, 0.15) is 11.6 Å². The van der Waals surface area contributed by atoms with Crippen LogP contribution in [-0.4, -0.2) is 86.5 Å². The second-order valence-corrected chi connectivity index (χ2v) is 11.3. The Bertz CT molecular complexity index is 1270. The molecule has 4 rings (SSSR count). The largest absolute Gasteiger partial charge is 0.354 e. The highest BCUT2D eigenvalue weighted by atomic mass is 35.5. The second-order valence-electron chi connectivity index (χ2n) is 11.3. The first-order valence-electron chi connectivity index (χ1n) is 14.0. The maximum absolute atomic E-state index is 15.1. The molecule has 2 heterocycles. The van der Waals surface area contributed by atoms with E-state index in [2.05, 4.69) is 22.1 Å². The van der Waals surface area contributed by atoms with Gasteiger partial charge in [-0.05, 0) is 64.3 Å². The molecule has 2 fully saturated rings. The minimum atomic E-state index is -0.971. The molecule has 13 heteroatoms. The van der Waals surface area contributed by atoms with Crippen LogP contribution in [0.25, 0.3) is 5.69 Å². The van der Waals surface area contributed by atoms with Gasteiger partial charge in [0.15, 0.2) is 0 Å². The number of hydrogen-bond donors (Lipinski definition) is 3. The Morgan fingerprint density at radius 2 is 1.73 bits per heavy atom. The smallest absolute Gasteiger partial charge is 0.338 e. The summed E-state index contributed by atoms with van der Waals surface area (Å²) in [4.78, 5) is 47.3. The van der Waals surface area contributed by atoms with Crippen molar-refractivity contribution >= 4 is 30.2 Å². The van der Waals surface area contributed by atoms with E-state index in [4.69, 9.17) is 11.5 Å². The van der Waals surface area contributed by atoms with E-state index in [0.717, 1.165) is 32.2 Å². The predicted molar refractivity (Wildman–Crippen MR) is 159 cm³/mol. The van der Waals surface area contributed by atoms with Gasteiger partial charge in [-0.1, -0.05) is 13.0 Å². The van der Waals surface area contributed by atoms with Crippen LogP contribution in [0.1, 0.15) is 52.0 Å². The molecule has 5 N–H and O–H groups in total. The third-order valence-electron chi connectivity index (χ3n) is 7.80. The van der Waals surface area contributed by atoms with Crippen molar-refractivity contribution in [3.05, 3.63) is 52.3 Å². The van der Waals surface area contributed by atoms with Gasteiger partial charge >= 0.3 is 11.7 Å². The van der Waals surface area contributed by atoms with Crippen molar-refractivity contribution in [2.75, 3.05) is 38.0 Å². The van der Waals surface area contributed by atoms with Gasteiger partial charge in [-0.3, -0.25) is 19.6 Å². The van der Waals surface area contributed by atoms with Crippen LogP contribution >= 0.6 is 12.4 Å². The van der Waals surface area contributed by atoms with Gasteiger partial charge in [0.05, 0.1) is 11.2 Å². The highest BCUT2D eigenvalue weighted by molar-refractivity contribution is 5.89. The van der Waals surface area contributed by atoms with Gasteiger partial charge < -0.3 is 21.3 Å². The van der Waals surface area contributed by atoms with Gasteiger partial charge in [0.2, 0.25) is 5.91 Å². The number of benzene rings is 1. The molecule has 41 heavy (non-hydrogen) atoms. The van der Waals surface area contributed by atoms with Gasteiger partial charge in [0.25, 0.3) is 0 Å². The molecule has 0 spiro atoms. The molecule has 2 aromatic rings. The molecule has 1 aromatic heterocycles. The lowest BCUT2D eigenvalue weighted by Gasteiger charge is -2.37. The van der Waals surface area contributed by atoms with Crippen LogP contribution in [0.3, 0.4) is 0 Å². The number of carbonyl (C=O) groups excluding carboxylic acids is 2. The predicted octanol–water partition coefficient (Wildman–Crippen LogP) is 2.30. The number of rotatable bonds is 7. The Balaban J connectivity index is 0.00000462. The summed E-state index contributed by atoms with van der Waals surface area (Å²) in [6, 6.07) is 6.48. The number of carbonyl (C=O) groups is 2. The van der Waals surface area contributed by atoms with Crippen LogP contribution in [0.2, 0.25) is 0 Å². The Morgan fingerprint density at radius 1 is 1.10 bits per heavy atom. The topological polar surface area (TPSA) is 143 Å². The molecule has 3 amide bonds. The van der Waals surface area contributed by atoms with Crippen LogP contribution < -0.4 is 22.5 Å². The fraction of sp³-hybridized carbons (Fsp3) is 0.571. The van der Waals surface area contributed by atoms with E-state index in [9.17, 15) is 14.4 Å². The Morgan fingerprint density at radius 3 is 2.29 bits per heavy atom. The summed E-state index contributed by atoms with van der Waals surface area (Å²) < 4.78 is 16.4. The summed E-state index contributed by atoms with van der Waals surface area (Å²) in [5, 5.41) is 2.63. The minimum absolute atomic E-state index is 0. The zero-order valence-electron chi connectivity index (χ0n) is 24.0. The maximum Gasteiger partial charge on any atom is 0.354 e. The molecule has 0 bridgehead atoms. The van der Waals surface area contributed by atoms with Crippen LogP contribution in [0.5, 0.6) is 0 Å². The summed E-state index contributed by atoms with van der Waals surface area (Å²) in [6.07, 6.45) is 5.46. The number of halogens is 2. The van der Waals surface area contributed by atoms with Crippen molar-refractivity contribution in [2.45, 2.75) is 70.6 Å². The number of nitrogens with zero attached hydrogens (tertiary/aromatic N) is 5. The highest BCUT2D eigenvalue weighted by Gasteiger charge is 2.31. The summed E-state index contributed by atoms with van der Waals surface area (Å²) in [6.45, 7) is 8.10. The van der Waals surface area contributed by atoms with Crippen LogP contribution in [0.15, 0.2) is 35.3 Å². The molecule has 11 nitrogen and oxygen atoms in total. The number of nitrogens with two attached hydrogens (primary N) is 2. The quantitative estimate of drug-likeness (QED) is 0.448. The van der Waals surface area contributed by atoms with Crippen molar-refractivity contribution in [1.29, 1.82) is 0 Å². The molecule has 1 saturated heterocycles. The van der Waals surface area contributed by atoms with E-state index in [-0.39, 0.29) is 36.0 Å². The molecule has 1 saturated carbocycles. The van der Waals surface area contributed by atoms with Gasteiger partial charge in [-0.25, -0.2) is 14.0 Å². The highest BCUT2D eigenvalue weighted by Crippen LogP contribution is 2.25. The van der Waals surface area contributed by atoms with Crippen LogP contribution in [0, 0.1) is 5.82 Å². The summed E-state index contributed by atoms with van der Waals surface area (Å²) in [5.41, 5.74) is 11.3. The fourth-order valence-corrected chi connectivity index (χ4v) is 5.38. The molecule has 1 aliphatic heterocycles. The number of anilines is 1. The number of nitrogens with one attached hydrogen (secondary N) is 1. The van der Waals surface area contributed by atoms with Gasteiger partial charge in [0, 0.05) is 56.6 Å². The lowest BCUT2D eigenvalue weighted by atomic mass is 9.90. The van der Waals surface area contributed by atoms with Gasteiger partial charge in [-0.15, -0.1) is 12.4 Å². The molecular weight excluding hydrogens is 551 g/mol. The van der Waals surface area contributed by atoms with Gasteiger partial charge in [-0.2, -0.15) is 4.98 Å². The van der Waals surface area contributed by atoms with E-state index in [1.165, 1.54) is 22.9 Å². The number of aromatic nitrogens is 2. The maximum atomic E-state index is 15.1. The molecule has 1 aliphatic carbocycles. The van der Waals surface area contributed by atoms with Crippen molar-refractivity contribution in [2.24, 2.45) is 11.5 Å². The first kappa shape index (κ1) is 32.5. The SMILES string of the molecule is CCN(Cc1ccc(-n2ccc(NC(=O)N3CCN(C(=O)C(C)(C)N)CC3)nc2=O)cc1F)C1CCC(N)CC1.Cl. The normalized spacial score (nSPS) is 19.6. The van der Waals surface area contributed by atoms with E-state index in [1.54, 1.807) is 35.8 Å². The molecular formula is C28H42ClFN8O3. The third kappa shape index (κ3) is 8.03. The van der Waals surface area contributed by atoms with Crippen molar-refractivity contribution in [1.82, 2.24) is 24.3 Å². The molecule has 0 radical (unpaired) electrons. The minimum Gasteiger partial charge on any atom is -0.338 e. The van der Waals surface area contributed by atoms with E-state index in [0.29, 0.717) is 50.0 Å². The molecule has 0 atom stereocenters. The molecule has 2 aliphatic rings. The molecule has 1 aromatic carbocycles. The van der Waals surface area contributed by atoms with E-state index >= 15 is 4.39 Å². The van der Waals surface area contributed by atoms with Crippen molar-refractivity contribution in [3.63, 3.8) is 0 Å². The number of urea groups is 1. The second kappa shape index (κ2) is 13.7. The average Bonchev–Trinajstić information content (AvgIpc) is 2.92. The monoisotopic (exact) mass is 592 g/mol. The summed E-state index contributed by atoms with van der Waals surface area (Å²) >= 11 is 0. The van der Waals surface area contributed by atoms with Crippen molar-refractivity contribution < 1.29 is 14.0 Å². The first-order valence-corrected chi connectivity index (χ1v) is 14.0. The first-order chi connectivity index (χ1) is 19.0. The zero-order chi connectivity index (χ0) is 29.0. The van der Waals surface area contributed by atoms with E-state index < -0.39 is 17.3 Å². The van der Waals surface area contributed by atoms with Crippen LogP contribution in [0.4, 0.5) is 15.0 Å². The Kier molecular flexibility index (Phi) is 10.9. The zero-order valence-corrected chi connectivity index (χ0v) is 24.8. The number of amides is 3. The average molecular weight is 593 g/mol. The van der Waals surface area contributed by atoms with Crippen molar-refractivity contribution in [3.8, 4) is 5.69 Å². The Hall–Kier alpha value is -3.06. The van der Waals surface area contributed by atoms with E-state index in [1.807, 2.05) is 0 Å². The molecule has 0 unspecified atom stereocenters. The fourth-order valence-electron chi connectivity index (χ4n) is 5.38. The number of hydrogen-bond acceptors (Lipinski definition) is 7. The standard InChI is InChI=1S/C28H41FN8O3.ClH/c1-4-34(21-9-6-20(30)7-10-21)18-19-5-8-22(17-23(19)29)37-12-11-24(33-27(37)40)32-26(39)36-15-13-35(14-16-36)25(38)28(2,3)31;/h5,8,11-12,17,20-21H,4,6-7,9-10,13-16,18,30-31H2,1-3H3,(H,32,33,39,40);1H. The Labute approximate surface area is 246 Å². The summed E-state index contributed by atoms with van der Waals surface area (Å²) in [5.74, 6) is -0.460. The van der Waals surface area contributed by atoms with Crippen LogP contribution in [-0.2, 0) is 11.3 Å². The lowest BCUT2D eigenvalue weighted by Crippen LogP contribution is -2.58. The molecule has 226 valence electrons.